The van der Waals surface area contributed by atoms with Crippen molar-refractivity contribution in [3.8, 4) is 5.75 Å². The van der Waals surface area contributed by atoms with Gasteiger partial charge in [0, 0.05) is 19.1 Å². The van der Waals surface area contributed by atoms with Crippen molar-refractivity contribution in [2.24, 2.45) is 5.92 Å². The summed E-state index contributed by atoms with van der Waals surface area (Å²) >= 11 is 1.54. The maximum Gasteiger partial charge on any atom is 0.237 e. The molecule has 2 aliphatic rings. The van der Waals surface area contributed by atoms with Gasteiger partial charge >= 0.3 is 0 Å². The highest BCUT2D eigenvalue weighted by atomic mass is 32.2. The molecule has 5 rings (SSSR count). The molecule has 34 heavy (non-hydrogen) atoms. The number of aromatic nitrogens is 5. The zero-order valence-corrected chi connectivity index (χ0v) is 20.3. The van der Waals surface area contributed by atoms with Crippen LogP contribution in [-0.2, 0) is 17.0 Å². The van der Waals surface area contributed by atoms with E-state index in [1.54, 1.807) is 31.0 Å². The first-order chi connectivity index (χ1) is 16.6. The van der Waals surface area contributed by atoms with Crippen molar-refractivity contribution >= 4 is 29.3 Å². The number of para-hydroxylation sites is 2. The number of benzene rings is 1. The summed E-state index contributed by atoms with van der Waals surface area (Å²) in [6, 6.07) is 7.72. The molecule has 0 radical (unpaired) electrons. The number of thioether (sulfide) groups is 1. The van der Waals surface area contributed by atoms with Gasteiger partial charge in [-0.05, 0) is 43.7 Å². The van der Waals surface area contributed by atoms with Gasteiger partial charge in [0.25, 0.3) is 0 Å². The summed E-state index contributed by atoms with van der Waals surface area (Å²) in [5, 5.41) is 16.7. The van der Waals surface area contributed by atoms with Crippen LogP contribution in [0.2, 0.25) is 0 Å². The zero-order chi connectivity index (χ0) is 23.5. The molecule has 1 amide bonds. The largest absolute Gasteiger partial charge is 0.495 e. The van der Waals surface area contributed by atoms with Crippen molar-refractivity contribution in [2.75, 3.05) is 30.4 Å². The van der Waals surface area contributed by atoms with Gasteiger partial charge in [-0.1, -0.05) is 36.0 Å². The van der Waals surface area contributed by atoms with Crippen molar-refractivity contribution in [1.29, 1.82) is 0 Å². The Morgan fingerprint density at radius 2 is 2.00 bits per heavy atom. The third-order valence-electron chi connectivity index (χ3n) is 6.16. The molecule has 1 aliphatic carbocycles. The van der Waals surface area contributed by atoms with Crippen molar-refractivity contribution in [2.45, 2.75) is 56.0 Å². The molecular weight excluding hydrogens is 454 g/mol. The fourth-order valence-electron chi connectivity index (χ4n) is 4.08. The number of nitrogens with one attached hydrogen (secondary N) is 1. The second-order valence-corrected chi connectivity index (χ2v) is 9.81. The fourth-order valence-corrected chi connectivity index (χ4v) is 4.92. The molecule has 0 spiro atoms. The maximum atomic E-state index is 12.4. The monoisotopic (exact) mass is 483 g/mol. The summed E-state index contributed by atoms with van der Waals surface area (Å²) < 4.78 is 12.9. The number of rotatable bonds is 9. The van der Waals surface area contributed by atoms with Crippen LogP contribution in [0.1, 0.15) is 50.4 Å². The van der Waals surface area contributed by atoms with Gasteiger partial charge in [0.15, 0.2) is 11.0 Å². The number of carbonyl (C=O) groups is 1. The molecule has 180 valence electrons. The van der Waals surface area contributed by atoms with E-state index in [0.29, 0.717) is 34.9 Å². The average molecular weight is 484 g/mol. The topological polar surface area (TPSA) is 111 Å². The normalized spacial score (nSPS) is 16.6. The number of hydrogen-bond donors (Lipinski definition) is 1. The number of amides is 1. The van der Waals surface area contributed by atoms with E-state index in [2.05, 4.69) is 42.0 Å². The molecule has 1 aromatic carbocycles. The third kappa shape index (κ3) is 5.19. The standard InChI is InChI=1S/C23H29N7O3S/c1-15-9-11-29(12-10-15)22-26-27-23(30(22)16-7-8-16)34-14-21-25-19(28-33-21)13-20(31)24-17-5-3-4-6-18(17)32-2/h3-6,15-16H,7-14H2,1-2H3,(H,24,31). The average Bonchev–Trinajstić information content (AvgIpc) is 3.44. The molecule has 0 bridgehead atoms. The van der Waals surface area contributed by atoms with Crippen LogP contribution >= 0.6 is 11.8 Å². The lowest BCUT2D eigenvalue weighted by molar-refractivity contribution is -0.115. The molecule has 1 N–H and O–H groups in total. The minimum atomic E-state index is -0.238. The number of nitrogens with zero attached hydrogens (tertiary/aromatic N) is 6. The van der Waals surface area contributed by atoms with E-state index < -0.39 is 0 Å². The predicted octanol–water partition coefficient (Wildman–Crippen LogP) is 3.71. The Balaban J connectivity index is 1.19. The van der Waals surface area contributed by atoms with Gasteiger partial charge in [-0.2, -0.15) is 4.98 Å². The smallest absolute Gasteiger partial charge is 0.237 e. The molecular formula is C23H29N7O3S. The van der Waals surface area contributed by atoms with Crippen LogP contribution in [-0.4, -0.2) is 51.0 Å². The van der Waals surface area contributed by atoms with Crippen molar-refractivity contribution < 1.29 is 14.1 Å². The molecule has 0 unspecified atom stereocenters. The lowest BCUT2D eigenvalue weighted by atomic mass is 10.00. The van der Waals surface area contributed by atoms with Crippen molar-refractivity contribution in [3.05, 3.63) is 36.0 Å². The second kappa shape index (κ2) is 10.0. The molecule has 10 nitrogen and oxygen atoms in total. The zero-order valence-electron chi connectivity index (χ0n) is 19.4. The number of anilines is 2. The molecule has 2 aromatic heterocycles. The first-order valence-corrected chi connectivity index (χ1v) is 12.7. The third-order valence-corrected chi connectivity index (χ3v) is 7.09. The summed E-state index contributed by atoms with van der Waals surface area (Å²) in [7, 11) is 1.56. The Morgan fingerprint density at radius 3 is 2.76 bits per heavy atom. The van der Waals surface area contributed by atoms with Gasteiger partial charge < -0.3 is 19.5 Å². The molecule has 11 heteroatoms. The molecule has 1 aliphatic heterocycles. The van der Waals surface area contributed by atoms with Crippen LogP contribution in [0.4, 0.5) is 11.6 Å². The summed E-state index contributed by atoms with van der Waals surface area (Å²) in [5.74, 6) is 3.39. The Bertz CT molecular complexity index is 1140. The summed E-state index contributed by atoms with van der Waals surface area (Å²) in [5.41, 5.74) is 0.604. The van der Waals surface area contributed by atoms with E-state index in [4.69, 9.17) is 9.26 Å². The quantitative estimate of drug-likeness (QED) is 0.455. The van der Waals surface area contributed by atoms with Crippen LogP contribution in [0.5, 0.6) is 5.75 Å². The molecule has 1 saturated heterocycles. The van der Waals surface area contributed by atoms with E-state index in [-0.39, 0.29) is 12.3 Å². The SMILES string of the molecule is COc1ccccc1NC(=O)Cc1noc(CSc2nnc(N3CCC(C)CC3)n2C2CC2)n1. The van der Waals surface area contributed by atoms with Gasteiger partial charge in [0.2, 0.25) is 17.7 Å². The minimum absolute atomic E-state index is 0.0159. The van der Waals surface area contributed by atoms with E-state index in [0.717, 1.165) is 43.0 Å². The number of hydrogen-bond acceptors (Lipinski definition) is 9. The second-order valence-electron chi connectivity index (χ2n) is 8.87. The maximum absolute atomic E-state index is 12.4. The lowest BCUT2D eigenvalue weighted by Crippen LogP contribution is -2.34. The van der Waals surface area contributed by atoms with E-state index in [1.165, 1.54) is 12.8 Å². The van der Waals surface area contributed by atoms with Crippen LogP contribution in [0.3, 0.4) is 0 Å². The number of carbonyl (C=O) groups excluding carboxylic acids is 1. The van der Waals surface area contributed by atoms with Gasteiger partial charge in [-0.25, -0.2) is 0 Å². The molecule has 0 atom stereocenters. The van der Waals surface area contributed by atoms with Crippen LogP contribution < -0.4 is 15.0 Å². The Kier molecular flexibility index (Phi) is 6.70. The van der Waals surface area contributed by atoms with Gasteiger partial charge in [0.05, 0.1) is 25.0 Å². The molecule has 3 heterocycles. The summed E-state index contributed by atoms with van der Waals surface area (Å²) in [6.07, 6.45) is 4.72. The van der Waals surface area contributed by atoms with Gasteiger partial charge in [0.1, 0.15) is 5.75 Å². The molecule has 3 aromatic rings. The van der Waals surface area contributed by atoms with Crippen molar-refractivity contribution in [3.63, 3.8) is 0 Å². The van der Waals surface area contributed by atoms with Gasteiger partial charge in [-0.15, -0.1) is 10.2 Å². The van der Waals surface area contributed by atoms with Gasteiger partial charge in [-0.3, -0.25) is 9.36 Å². The van der Waals surface area contributed by atoms with Crippen LogP contribution in [0, 0.1) is 5.92 Å². The number of piperidine rings is 1. The summed E-state index contributed by atoms with van der Waals surface area (Å²) in [4.78, 5) is 19.2. The first-order valence-electron chi connectivity index (χ1n) is 11.7. The number of ether oxygens (including phenoxy) is 1. The Hall–Kier alpha value is -3.08. The predicted molar refractivity (Wildman–Crippen MR) is 128 cm³/mol. The lowest BCUT2D eigenvalue weighted by Gasteiger charge is -2.31. The van der Waals surface area contributed by atoms with E-state index >= 15 is 0 Å². The molecule has 2 fully saturated rings. The Morgan fingerprint density at radius 1 is 1.21 bits per heavy atom. The van der Waals surface area contributed by atoms with E-state index in [9.17, 15) is 4.79 Å². The van der Waals surface area contributed by atoms with Crippen LogP contribution in [0.25, 0.3) is 0 Å². The first kappa shape index (κ1) is 22.7. The Labute approximate surface area is 202 Å². The highest BCUT2D eigenvalue weighted by molar-refractivity contribution is 7.98. The molecule has 1 saturated carbocycles. The van der Waals surface area contributed by atoms with E-state index in [1.807, 2.05) is 12.1 Å². The highest BCUT2D eigenvalue weighted by Crippen LogP contribution is 2.41. The van der Waals surface area contributed by atoms with Crippen LogP contribution in [0.15, 0.2) is 33.9 Å². The minimum Gasteiger partial charge on any atom is -0.495 e. The fraction of sp³-hybridized carbons (Fsp3) is 0.522. The van der Waals surface area contributed by atoms with Crippen molar-refractivity contribution in [1.82, 2.24) is 24.9 Å². The highest BCUT2D eigenvalue weighted by Gasteiger charge is 2.32. The summed E-state index contributed by atoms with van der Waals surface area (Å²) in [6.45, 7) is 4.37. The number of methoxy groups -OCH3 is 1.